The Morgan fingerprint density at radius 1 is 1.21 bits per heavy atom. The third kappa shape index (κ3) is 4.43. The second kappa shape index (κ2) is 8.58. The number of carbonyl (C=O) groups is 1. The van der Waals surface area contributed by atoms with Gasteiger partial charge in [0.15, 0.2) is 0 Å². The maximum Gasteiger partial charge on any atom is 0.293 e. The van der Waals surface area contributed by atoms with Crippen LogP contribution in [0.4, 0.5) is 11.4 Å². The highest BCUT2D eigenvalue weighted by molar-refractivity contribution is 5.95. The van der Waals surface area contributed by atoms with Crippen molar-refractivity contribution in [1.29, 1.82) is 0 Å². The van der Waals surface area contributed by atoms with Gasteiger partial charge in [0.1, 0.15) is 5.69 Å². The standard InChI is InChI=1S/C20H22N4O3.ClH/c25-20(22-12-18-16-4-2-1-3-13(16)9-10-21-18)14-5-8-17(23-15-6-7-15)19(11-14)24(26)27;/h1-5,8,11,15,18,21,23H,6-7,9-10,12H2,(H,22,25);1H. The van der Waals surface area contributed by atoms with E-state index >= 15 is 0 Å². The molecule has 0 aromatic heterocycles. The molecule has 0 radical (unpaired) electrons. The van der Waals surface area contributed by atoms with E-state index in [1.54, 1.807) is 12.1 Å². The lowest BCUT2D eigenvalue weighted by molar-refractivity contribution is -0.384. The first-order valence-electron chi connectivity index (χ1n) is 9.26. The van der Waals surface area contributed by atoms with Gasteiger partial charge in [-0.25, -0.2) is 0 Å². The molecule has 1 amide bonds. The fourth-order valence-corrected chi connectivity index (χ4v) is 3.47. The van der Waals surface area contributed by atoms with Gasteiger partial charge < -0.3 is 16.0 Å². The second-order valence-corrected chi connectivity index (χ2v) is 7.07. The van der Waals surface area contributed by atoms with Gasteiger partial charge in [-0.3, -0.25) is 14.9 Å². The van der Waals surface area contributed by atoms with E-state index < -0.39 is 4.92 Å². The van der Waals surface area contributed by atoms with Crippen LogP contribution in [0.25, 0.3) is 0 Å². The van der Waals surface area contributed by atoms with E-state index in [1.165, 1.54) is 17.2 Å². The van der Waals surface area contributed by atoms with Crippen molar-refractivity contribution in [3.8, 4) is 0 Å². The van der Waals surface area contributed by atoms with Crippen LogP contribution in [0.5, 0.6) is 0 Å². The van der Waals surface area contributed by atoms with Crippen molar-refractivity contribution in [2.45, 2.75) is 31.3 Å². The minimum absolute atomic E-state index is 0. The number of hydrogen-bond acceptors (Lipinski definition) is 5. The number of nitrogens with one attached hydrogen (secondary N) is 3. The second-order valence-electron chi connectivity index (χ2n) is 7.07. The van der Waals surface area contributed by atoms with Gasteiger partial charge in [-0.05, 0) is 49.1 Å². The van der Waals surface area contributed by atoms with E-state index in [2.05, 4.69) is 28.1 Å². The third-order valence-corrected chi connectivity index (χ3v) is 5.08. The Morgan fingerprint density at radius 3 is 2.75 bits per heavy atom. The lowest BCUT2D eigenvalue weighted by atomic mass is 9.94. The Balaban J connectivity index is 0.00000225. The molecule has 1 unspecified atom stereocenters. The van der Waals surface area contributed by atoms with E-state index in [1.807, 2.05) is 12.1 Å². The number of nitro groups is 1. The SMILES string of the molecule is Cl.O=C(NCC1NCCc2ccccc21)c1ccc(NC2CC2)c([N+](=O)[O-])c1. The van der Waals surface area contributed by atoms with Crippen LogP contribution in [0, 0.1) is 10.1 Å². The minimum atomic E-state index is -0.444. The summed E-state index contributed by atoms with van der Waals surface area (Å²) in [5, 5.41) is 20.8. The molecule has 28 heavy (non-hydrogen) atoms. The summed E-state index contributed by atoms with van der Waals surface area (Å²) in [6.07, 6.45) is 3.02. The summed E-state index contributed by atoms with van der Waals surface area (Å²) in [7, 11) is 0. The molecule has 1 aliphatic carbocycles. The first kappa shape index (κ1) is 20.1. The first-order valence-corrected chi connectivity index (χ1v) is 9.26. The maximum absolute atomic E-state index is 12.5. The molecule has 3 N–H and O–H groups in total. The number of amides is 1. The topological polar surface area (TPSA) is 96.3 Å². The Labute approximate surface area is 169 Å². The zero-order chi connectivity index (χ0) is 18.8. The highest BCUT2D eigenvalue weighted by Crippen LogP contribution is 2.31. The number of halogens is 1. The van der Waals surface area contributed by atoms with Gasteiger partial charge in [0.25, 0.3) is 11.6 Å². The van der Waals surface area contributed by atoms with Crippen LogP contribution in [0.15, 0.2) is 42.5 Å². The monoisotopic (exact) mass is 402 g/mol. The summed E-state index contributed by atoms with van der Waals surface area (Å²) in [5.41, 5.74) is 3.20. The number of fused-ring (bicyclic) bond motifs is 1. The molecule has 0 saturated heterocycles. The molecule has 0 bridgehead atoms. The molecule has 1 saturated carbocycles. The van der Waals surface area contributed by atoms with Crippen LogP contribution in [0.1, 0.15) is 40.4 Å². The predicted molar refractivity (Wildman–Crippen MR) is 110 cm³/mol. The molecule has 2 aromatic carbocycles. The van der Waals surface area contributed by atoms with Gasteiger partial charge in [-0.1, -0.05) is 24.3 Å². The Bertz CT molecular complexity index is 886. The summed E-state index contributed by atoms with van der Waals surface area (Å²) in [6.45, 7) is 1.30. The number of nitrogens with zero attached hydrogens (tertiary/aromatic N) is 1. The molecule has 148 valence electrons. The van der Waals surface area contributed by atoms with Crippen molar-refractivity contribution in [2.24, 2.45) is 0 Å². The Kier molecular flexibility index (Phi) is 6.16. The van der Waals surface area contributed by atoms with Crippen molar-refractivity contribution in [2.75, 3.05) is 18.4 Å². The number of rotatable bonds is 6. The quantitative estimate of drug-likeness (QED) is 0.509. The molecule has 1 heterocycles. The zero-order valence-electron chi connectivity index (χ0n) is 15.3. The molecule has 2 aliphatic rings. The summed E-state index contributed by atoms with van der Waals surface area (Å²) >= 11 is 0. The van der Waals surface area contributed by atoms with Crippen LogP contribution >= 0.6 is 12.4 Å². The molecule has 8 heteroatoms. The van der Waals surface area contributed by atoms with E-state index in [9.17, 15) is 14.9 Å². The highest BCUT2D eigenvalue weighted by atomic mass is 35.5. The Morgan fingerprint density at radius 2 is 2.00 bits per heavy atom. The van der Waals surface area contributed by atoms with Crippen molar-refractivity contribution in [1.82, 2.24) is 10.6 Å². The molecular formula is C20H23ClN4O3. The number of nitro benzene ring substituents is 1. The average molecular weight is 403 g/mol. The summed E-state index contributed by atoms with van der Waals surface area (Å²) in [5.74, 6) is -0.305. The van der Waals surface area contributed by atoms with Crippen LogP contribution in [-0.2, 0) is 6.42 Å². The molecule has 0 spiro atoms. The summed E-state index contributed by atoms with van der Waals surface area (Å²) in [4.78, 5) is 23.5. The van der Waals surface area contributed by atoms with E-state index in [-0.39, 0.29) is 30.0 Å². The van der Waals surface area contributed by atoms with Gasteiger partial charge in [0.05, 0.1) is 4.92 Å². The van der Waals surface area contributed by atoms with E-state index in [0.29, 0.717) is 23.8 Å². The van der Waals surface area contributed by atoms with Crippen LogP contribution < -0.4 is 16.0 Å². The smallest absolute Gasteiger partial charge is 0.293 e. The van der Waals surface area contributed by atoms with E-state index in [0.717, 1.165) is 25.8 Å². The number of anilines is 1. The number of hydrogen-bond donors (Lipinski definition) is 3. The van der Waals surface area contributed by atoms with Gasteiger partial charge in [0.2, 0.25) is 0 Å². The van der Waals surface area contributed by atoms with Crippen LogP contribution in [0.2, 0.25) is 0 Å². The maximum atomic E-state index is 12.5. The first-order chi connectivity index (χ1) is 13.1. The number of benzene rings is 2. The number of carbonyl (C=O) groups excluding carboxylic acids is 1. The van der Waals surface area contributed by atoms with Gasteiger partial charge in [-0.2, -0.15) is 0 Å². The van der Waals surface area contributed by atoms with Crippen molar-refractivity contribution < 1.29 is 9.72 Å². The fraction of sp³-hybridized carbons (Fsp3) is 0.350. The van der Waals surface area contributed by atoms with E-state index in [4.69, 9.17) is 0 Å². The third-order valence-electron chi connectivity index (χ3n) is 5.08. The minimum Gasteiger partial charge on any atom is -0.377 e. The lowest BCUT2D eigenvalue weighted by Gasteiger charge is -2.27. The summed E-state index contributed by atoms with van der Waals surface area (Å²) < 4.78 is 0. The molecule has 4 rings (SSSR count). The van der Waals surface area contributed by atoms with Crippen LogP contribution in [-0.4, -0.2) is 30.0 Å². The summed E-state index contributed by atoms with van der Waals surface area (Å²) in [6, 6.07) is 13.2. The molecule has 1 atom stereocenters. The predicted octanol–water partition coefficient (Wildman–Crippen LogP) is 3.21. The molecular weight excluding hydrogens is 380 g/mol. The fourth-order valence-electron chi connectivity index (χ4n) is 3.47. The highest BCUT2D eigenvalue weighted by Gasteiger charge is 2.26. The molecule has 7 nitrogen and oxygen atoms in total. The Hall–Kier alpha value is -2.64. The van der Waals surface area contributed by atoms with Crippen LogP contribution in [0.3, 0.4) is 0 Å². The van der Waals surface area contributed by atoms with Crippen molar-refractivity contribution in [3.05, 3.63) is 69.3 Å². The molecule has 1 aliphatic heterocycles. The molecule has 2 aromatic rings. The van der Waals surface area contributed by atoms with Gasteiger partial charge >= 0.3 is 0 Å². The van der Waals surface area contributed by atoms with Crippen molar-refractivity contribution in [3.63, 3.8) is 0 Å². The van der Waals surface area contributed by atoms with Gasteiger partial charge in [0, 0.05) is 30.3 Å². The largest absolute Gasteiger partial charge is 0.377 e. The van der Waals surface area contributed by atoms with Crippen molar-refractivity contribution >= 4 is 29.7 Å². The van der Waals surface area contributed by atoms with Gasteiger partial charge in [-0.15, -0.1) is 12.4 Å². The average Bonchev–Trinajstić information content (AvgIpc) is 3.50. The zero-order valence-corrected chi connectivity index (χ0v) is 16.1. The normalized spacial score (nSPS) is 17.8. The lowest BCUT2D eigenvalue weighted by Crippen LogP contribution is -2.38. The molecule has 1 fully saturated rings.